The van der Waals surface area contributed by atoms with Crippen molar-refractivity contribution in [2.45, 2.75) is 26.4 Å². The summed E-state index contributed by atoms with van der Waals surface area (Å²) in [5, 5.41) is 3.34. The van der Waals surface area contributed by atoms with Crippen LogP contribution in [-0.2, 0) is 20.1 Å². The fourth-order valence-electron chi connectivity index (χ4n) is 1.88. The van der Waals surface area contributed by atoms with Gasteiger partial charge in [0.1, 0.15) is 5.82 Å². The Bertz CT molecular complexity index is 519. The van der Waals surface area contributed by atoms with Gasteiger partial charge in [-0.05, 0) is 13.0 Å². The molecule has 0 amide bonds. The average molecular weight is 274 g/mol. The van der Waals surface area contributed by atoms with Crippen LogP contribution < -0.4 is 10.2 Å². The van der Waals surface area contributed by atoms with E-state index in [1.165, 1.54) is 0 Å². The summed E-state index contributed by atoms with van der Waals surface area (Å²) in [5.74, 6) is 1.71. The molecular weight excluding hydrogens is 252 g/mol. The first-order valence-corrected chi connectivity index (χ1v) is 6.89. The van der Waals surface area contributed by atoms with Gasteiger partial charge in [0.05, 0.1) is 6.54 Å². The van der Waals surface area contributed by atoms with Crippen LogP contribution in [0.3, 0.4) is 0 Å². The van der Waals surface area contributed by atoms with Crippen LogP contribution in [-0.4, -0.2) is 33.1 Å². The maximum absolute atomic E-state index is 4.41. The van der Waals surface area contributed by atoms with Crippen LogP contribution in [0.25, 0.3) is 0 Å². The minimum absolute atomic E-state index is 0.691. The molecule has 1 N–H and O–H groups in total. The van der Waals surface area contributed by atoms with Gasteiger partial charge in [-0.1, -0.05) is 6.92 Å². The molecule has 0 fully saturated rings. The monoisotopic (exact) mass is 274 g/mol. The highest BCUT2D eigenvalue weighted by Gasteiger charge is 2.08. The fraction of sp³-hybridized carbons (Fsp3) is 0.500. The van der Waals surface area contributed by atoms with Crippen LogP contribution in [0.2, 0.25) is 0 Å². The summed E-state index contributed by atoms with van der Waals surface area (Å²) in [5.41, 5.74) is 1.10. The second-order valence-corrected chi connectivity index (χ2v) is 4.88. The number of anilines is 1. The summed E-state index contributed by atoms with van der Waals surface area (Å²) >= 11 is 0. The van der Waals surface area contributed by atoms with E-state index in [0.29, 0.717) is 12.5 Å². The van der Waals surface area contributed by atoms with E-state index in [4.69, 9.17) is 0 Å². The van der Waals surface area contributed by atoms with E-state index in [2.05, 4.69) is 27.2 Å². The molecule has 0 saturated heterocycles. The Morgan fingerprint density at radius 1 is 1.25 bits per heavy atom. The van der Waals surface area contributed by atoms with Gasteiger partial charge in [0, 0.05) is 51.0 Å². The van der Waals surface area contributed by atoms with Gasteiger partial charge in [-0.2, -0.15) is 0 Å². The molecular formula is C14H22N6. The summed E-state index contributed by atoms with van der Waals surface area (Å²) in [4.78, 5) is 15.1. The Morgan fingerprint density at radius 3 is 2.60 bits per heavy atom. The van der Waals surface area contributed by atoms with E-state index >= 15 is 0 Å². The fourth-order valence-corrected chi connectivity index (χ4v) is 1.88. The van der Waals surface area contributed by atoms with Crippen molar-refractivity contribution in [1.82, 2.24) is 24.8 Å². The first kappa shape index (κ1) is 14.5. The molecule has 2 aromatic heterocycles. The van der Waals surface area contributed by atoms with Gasteiger partial charge >= 0.3 is 0 Å². The third-order valence-electron chi connectivity index (χ3n) is 3.09. The van der Waals surface area contributed by atoms with Crippen molar-refractivity contribution in [3.8, 4) is 0 Å². The Kier molecular flexibility index (Phi) is 5.06. The normalized spacial score (nSPS) is 10.8. The number of aromatic nitrogens is 4. The SMILES string of the molecule is CCCNCc1cnc(N(C)Cc2nccn2C)nc1. The highest BCUT2D eigenvalue weighted by molar-refractivity contribution is 5.28. The quantitative estimate of drug-likeness (QED) is 0.772. The molecule has 0 saturated carbocycles. The van der Waals surface area contributed by atoms with E-state index in [9.17, 15) is 0 Å². The van der Waals surface area contributed by atoms with E-state index in [1.807, 2.05) is 42.2 Å². The van der Waals surface area contributed by atoms with Gasteiger partial charge in [0.25, 0.3) is 0 Å². The van der Waals surface area contributed by atoms with Crippen molar-refractivity contribution >= 4 is 5.95 Å². The largest absolute Gasteiger partial charge is 0.337 e. The lowest BCUT2D eigenvalue weighted by atomic mass is 10.3. The molecule has 0 aliphatic heterocycles. The number of imidazole rings is 1. The van der Waals surface area contributed by atoms with Crippen LogP contribution in [0.4, 0.5) is 5.95 Å². The highest BCUT2D eigenvalue weighted by atomic mass is 15.2. The van der Waals surface area contributed by atoms with Crippen LogP contribution >= 0.6 is 0 Å². The second-order valence-electron chi connectivity index (χ2n) is 4.88. The van der Waals surface area contributed by atoms with Crippen molar-refractivity contribution in [3.05, 3.63) is 36.2 Å². The van der Waals surface area contributed by atoms with Crippen LogP contribution in [0.5, 0.6) is 0 Å². The van der Waals surface area contributed by atoms with Crippen molar-refractivity contribution < 1.29 is 0 Å². The Hall–Kier alpha value is -1.95. The van der Waals surface area contributed by atoms with Gasteiger partial charge in [-0.15, -0.1) is 0 Å². The van der Waals surface area contributed by atoms with Gasteiger partial charge in [0.15, 0.2) is 0 Å². The molecule has 0 aliphatic carbocycles. The van der Waals surface area contributed by atoms with Gasteiger partial charge in [-0.25, -0.2) is 15.0 Å². The molecule has 0 radical (unpaired) electrons. The van der Waals surface area contributed by atoms with Crippen LogP contribution in [0.15, 0.2) is 24.8 Å². The summed E-state index contributed by atoms with van der Waals surface area (Å²) in [6.45, 7) is 4.67. The van der Waals surface area contributed by atoms with E-state index in [-0.39, 0.29) is 0 Å². The molecule has 6 heteroatoms. The minimum Gasteiger partial charge on any atom is -0.337 e. The first-order chi connectivity index (χ1) is 9.70. The summed E-state index contributed by atoms with van der Waals surface area (Å²) in [7, 11) is 3.96. The van der Waals surface area contributed by atoms with Gasteiger partial charge in [-0.3, -0.25) is 0 Å². The maximum Gasteiger partial charge on any atom is 0.225 e. The molecule has 6 nitrogen and oxygen atoms in total. The summed E-state index contributed by atoms with van der Waals surface area (Å²) in [6.07, 6.45) is 8.62. The van der Waals surface area contributed by atoms with Crippen LogP contribution in [0, 0.1) is 0 Å². The van der Waals surface area contributed by atoms with Crippen molar-refractivity contribution in [2.24, 2.45) is 7.05 Å². The number of hydrogen-bond acceptors (Lipinski definition) is 5. The molecule has 0 aliphatic rings. The maximum atomic E-state index is 4.41. The van der Waals surface area contributed by atoms with E-state index in [1.54, 1.807) is 6.20 Å². The smallest absolute Gasteiger partial charge is 0.225 e. The lowest BCUT2D eigenvalue weighted by Gasteiger charge is -2.16. The Morgan fingerprint density at radius 2 is 2.00 bits per heavy atom. The molecule has 108 valence electrons. The molecule has 0 spiro atoms. The lowest BCUT2D eigenvalue weighted by molar-refractivity contribution is 0.670. The number of aryl methyl sites for hydroxylation is 1. The molecule has 2 heterocycles. The minimum atomic E-state index is 0.691. The molecule has 0 atom stereocenters. The first-order valence-electron chi connectivity index (χ1n) is 6.89. The number of nitrogens with one attached hydrogen (secondary N) is 1. The number of nitrogens with zero attached hydrogens (tertiary/aromatic N) is 5. The van der Waals surface area contributed by atoms with E-state index in [0.717, 1.165) is 30.9 Å². The van der Waals surface area contributed by atoms with Crippen molar-refractivity contribution in [2.75, 3.05) is 18.5 Å². The molecule has 2 rings (SSSR count). The predicted molar refractivity (Wildman–Crippen MR) is 79.3 cm³/mol. The van der Waals surface area contributed by atoms with Gasteiger partial charge in [0.2, 0.25) is 5.95 Å². The second kappa shape index (κ2) is 7.00. The van der Waals surface area contributed by atoms with Gasteiger partial charge < -0.3 is 14.8 Å². The molecule has 0 unspecified atom stereocenters. The van der Waals surface area contributed by atoms with E-state index < -0.39 is 0 Å². The zero-order valence-electron chi connectivity index (χ0n) is 12.4. The zero-order chi connectivity index (χ0) is 14.4. The standard InChI is InChI=1S/C14H22N6/c1-4-5-15-8-12-9-17-14(18-10-12)20(3)11-13-16-6-7-19(13)2/h6-7,9-10,15H,4-5,8,11H2,1-3H3. The highest BCUT2D eigenvalue weighted by Crippen LogP contribution is 2.08. The molecule has 2 aromatic rings. The Balaban J connectivity index is 1.93. The topological polar surface area (TPSA) is 58.9 Å². The number of rotatable bonds is 7. The Labute approximate surface area is 119 Å². The summed E-state index contributed by atoms with van der Waals surface area (Å²) in [6, 6.07) is 0. The number of hydrogen-bond donors (Lipinski definition) is 1. The molecule has 20 heavy (non-hydrogen) atoms. The third kappa shape index (κ3) is 3.77. The zero-order valence-corrected chi connectivity index (χ0v) is 12.4. The van der Waals surface area contributed by atoms with Crippen molar-refractivity contribution in [1.29, 1.82) is 0 Å². The summed E-state index contributed by atoms with van der Waals surface area (Å²) < 4.78 is 2.00. The third-order valence-corrected chi connectivity index (χ3v) is 3.09. The van der Waals surface area contributed by atoms with Crippen molar-refractivity contribution in [3.63, 3.8) is 0 Å². The molecule has 0 aromatic carbocycles. The van der Waals surface area contributed by atoms with Crippen LogP contribution in [0.1, 0.15) is 24.7 Å². The lowest BCUT2D eigenvalue weighted by Crippen LogP contribution is -2.21. The molecule has 0 bridgehead atoms. The average Bonchev–Trinajstić information content (AvgIpc) is 2.85. The predicted octanol–water partition coefficient (Wildman–Crippen LogP) is 1.35.